The number of sulfone groups is 1. The lowest BCUT2D eigenvalue weighted by Gasteiger charge is -2.32. The summed E-state index contributed by atoms with van der Waals surface area (Å²) in [6.45, 7) is 1.51. The molecule has 1 aliphatic heterocycles. The minimum absolute atomic E-state index is 0.0124. The van der Waals surface area contributed by atoms with Gasteiger partial charge in [0.15, 0.2) is 9.84 Å². The third kappa shape index (κ3) is 5.28. The summed E-state index contributed by atoms with van der Waals surface area (Å²) >= 11 is 0. The van der Waals surface area contributed by atoms with Crippen molar-refractivity contribution in [2.75, 3.05) is 24.2 Å². The van der Waals surface area contributed by atoms with Crippen molar-refractivity contribution >= 4 is 15.8 Å². The van der Waals surface area contributed by atoms with Crippen molar-refractivity contribution in [2.24, 2.45) is 0 Å². The monoisotopic (exact) mass is 503 g/mol. The van der Waals surface area contributed by atoms with Gasteiger partial charge < -0.3 is 9.64 Å². The first-order valence-corrected chi connectivity index (χ1v) is 13.4. The van der Waals surface area contributed by atoms with Gasteiger partial charge in [0.2, 0.25) is 5.95 Å². The van der Waals surface area contributed by atoms with Crippen molar-refractivity contribution in [3.8, 4) is 22.6 Å². The third-order valence-corrected chi connectivity index (χ3v) is 7.24. The van der Waals surface area contributed by atoms with Gasteiger partial charge in [-0.15, -0.1) is 0 Å². The van der Waals surface area contributed by atoms with Crippen LogP contribution in [-0.2, 0) is 9.84 Å². The zero-order chi connectivity index (χ0) is 25.1. The van der Waals surface area contributed by atoms with Crippen LogP contribution in [0.3, 0.4) is 0 Å². The number of aromatic nitrogens is 4. The Morgan fingerprint density at radius 3 is 2.19 bits per heavy atom. The Bertz CT molecular complexity index is 1500. The molecule has 10 heteroatoms. The van der Waals surface area contributed by atoms with Gasteiger partial charge in [-0.3, -0.25) is 14.3 Å². The van der Waals surface area contributed by atoms with E-state index in [4.69, 9.17) is 4.74 Å². The lowest BCUT2D eigenvalue weighted by Crippen LogP contribution is -2.39. The highest BCUT2D eigenvalue weighted by Gasteiger charge is 2.22. The van der Waals surface area contributed by atoms with Gasteiger partial charge in [-0.1, -0.05) is 0 Å². The molecule has 1 fully saturated rings. The SMILES string of the molecule is CS(=O)(=O)c1ccc(-n2ccc(OC3CCN(c4ncc(-c5ccncc5)cn4)CC3)cc2=O)cc1. The van der Waals surface area contributed by atoms with Gasteiger partial charge >= 0.3 is 0 Å². The van der Waals surface area contributed by atoms with E-state index in [1.54, 1.807) is 36.8 Å². The Morgan fingerprint density at radius 1 is 0.917 bits per heavy atom. The molecule has 0 aliphatic carbocycles. The van der Waals surface area contributed by atoms with E-state index in [0.29, 0.717) is 17.4 Å². The predicted octanol–water partition coefficient (Wildman–Crippen LogP) is 3.14. The first-order valence-electron chi connectivity index (χ1n) is 11.5. The number of hydrogen-bond acceptors (Lipinski definition) is 8. The summed E-state index contributed by atoms with van der Waals surface area (Å²) in [7, 11) is -3.29. The van der Waals surface area contributed by atoms with E-state index in [9.17, 15) is 13.2 Å². The average Bonchev–Trinajstić information content (AvgIpc) is 2.89. The normalized spacial score (nSPS) is 14.5. The summed E-state index contributed by atoms with van der Waals surface area (Å²) in [5.41, 5.74) is 2.30. The molecule has 0 radical (unpaired) electrons. The van der Waals surface area contributed by atoms with Crippen LogP contribution in [0.25, 0.3) is 16.8 Å². The van der Waals surface area contributed by atoms with Crippen LogP contribution >= 0.6 is 0 Å². The molecule has 0 bridgehead atoms. The van der Waals surface area contributed by atoms with E-state index in [1.165, 1.54) is 22.8 Å². The van der Waals surface area contributed by atoms with Crippen molar-refractivity contribution in [1.82, 2.24) is 19.5 Å². The Hall–Kier alpha value is -4.05. The first-order chi connectivity index (χ1) is 17.4. The van der Waals surface area contributed by atoms with Crippen LogP contribution in [0.5, 0.6) is 5.75 Å². The molecule has 1 aliphatic rings. The molecule has 0 N–H and O–H groups in total. The lowest BCUT2D eigenvalue weighted by atomic mass is 10.1. The van der Waals surface area contributed by atoms with E-state index < -0.39 is 9.84 Å². The molecule has 5 rings (SSSR count). The number of benzene rings is 1. The predicted molar refractivity (Wildman–Crippen MR) is 136 cm³/mol. The summed E-state index contributed by atoms with van der Waals surface area (Å²) in [6, 6.07) is 13.3. The van der Waals surface area contributed by atoms with Gasteiger partial charge in [0.05, 0.1) is 4.90 Å². The van der Waals surface area contributed by atoms with Gasteiger partial charge in [-0.2, -0.15) is 0 Å². The van der Waals surface area contributed by atoms with Gasteiger partial charge in [-0.25, -0.2) is 18.4 Å². The Morgan fingerprint density at radius 2 is 1.58 bits per heavy atom. The van der Waals surface area contributed by atoms with Crippen molar-refractivity contribution in [3.63, 3.8) is 0 Å². The standard InChI is InChI=1S/C26H25N5O4S/c1-36(33,34)24-4-2-21(3-5-24)31-15-10-23(16-25(31)32)35-22-8-13-30(14-9-22)26-28-17-20(18-29-26)19-6-11-27-12-7-19/h2-7,10-12,15-18,22H,8-9,13-14H2,1H3. The van der Waals surface area contributed by atoms with Gasteiger partial charge in [0, 0.05) is 80.5 Å². The quantitative estimate of drug-likeness (QED) is 0.395. The maximum Gasteiger partial charge on any atom is 0.258 e. The average molecular weight is 504 g/mol. The zero-order valence-corrected chi connectivity index (χ0v) is 20.5. The van der Waals surface area contributed by atoms with Gasteiger partial charge in [-0.05, 0) is 48.0 Å². The molecule has 0 spiro atoms. The van der Waals surface area contributed by atoms with Crippen molar-refractivity contribution < 1.29 is 13.2 Å². The van der Waals surface area contributed by atoms with Gasteiger partial charge in [0.25, 0.3) is 5.56 Å². The largest absolute Gasteiger partial charge is 0.490 e. The highest BCUT2D eigenvalue weighted by Crippen LogP contribution is 2.23. The van der Waals surface area contributed by atoms with E-state index in [-0.39, 0.29) is 16.6 Å². The third-order valence-electron chi connectivity index (χ3n) is 6.11. The molecule has 1 aromatic carbocycles. The molecule has 0 unspecified atom stereocenters. The number of rotatable bonds is 6. The highest BCUT2D eigenvalue weighted by molar-refractivity contribution is 7.90. The number of pyridine rings is 2. The fourth-order valence-corrected chi connectivity index (χ4v) is 4.78. The molecule has 3 aromatic heterocycles. The van der Waals surface area contributed by atoms with E-state index >= 15 is 0 Å². The second-order valence-electron chi connectivity index (χ2n) is 8.65. The van der Waals surface area contributed by atoms with Crippen molar-refractivity contribution in [2.45, 2.75) is 23.8 Å². The molecule has 0 saturated carbocycles. The lowest BCUT2D eigenvalue weighted by molar-refractivity contribution is 0.170. The van der Waals surface area contributed by atoms with Gasteiger partial charge in [0.1, 0.15) is 11.9 Å². The minimum Gasteiger partial charge on any atom is -0.490 e. The Labute approximate surface area is 209 Å². The number of nitrogens with zero attached hydrogens (tertiary/aromatic N) is 5. The minimum atomic E-state index is -3.29. The second kappa shape index (κ2) is 9.90. The van der Waals surface area contributed by atoms with Crippen LogP contribution in [0.4, 0.5) is 5.95 Å². The number of ether oxygens (including phenoxy) is 1. The maximum atomic E-state index is 12.7. The molecule has 4 heterocycles. The molecule has 36 heavy (non-hydrogen) atoms. The number of hydrogen-bond donors (Lipinski definition) is 0. The summed E-state index contributed by atoms with van der Waals surface area (Å²) < 4.78 is 30.8. The van der Waals surface area contributed by atoms with Crippen molar-refractivity contribution in [3.05, 3.63) is 89.9 Å². The van der Waals surface area contributed by atoms with Crippen molar-refractivity contribution in [1.29, 1.82) is 0 Å². The van der Waals surface area contributed by atoms with Crippen LogP contribution in [0.2, 0.25) is 0 Å². The smallest absolute Gasteiger partial charge is 0.258 e. The number of anilines is 1. The topological polar surface area (TPSA) is 107 Å². The summed E-state index contributed by atoms with van der Waals surface area (Å²) in [5, 5.41) is 0. The first kappa shape index (κ1) is 23.7. The molecular weight excluding hydrogens is 478 g/mol. The maximum absolute atomic E-state index is 12.7. The fourth-order valence-electron chi connectivity index (χ4n) is 4.15. The second-order valence-corrected chi connectivity index (χ2v) is 10.7. The Kier molecular flexibility index (Phi) is 6.51. The summed E-state index contributed by atoms with van der Waals surface area (Å²) in [4.78, 5) is 28.1. The molecule has 4 aromatic rings. The molecular formula is C26H25N5O4S. The van der Waals surface area contributed by atoms with E-state index in [0.717, 1.165) is 43.3 Å². The van der Waals surface area contributed by atoms with Crippen LogP contribution in [0, 0.1) is 0 Å². The Balaban J connectivity index is 1.19. The molecule has 9 nitrogen and oxygen atoms in total. The highest BCUT2D eigenvalue weighted by atomic mass is 32.2. The van der Waals surface area contributed by atoms with E-state index in [2.05, 4.69) is 19.9 Å². The molecule has 0 atom stereocenters. The van der Waals surface area contributed by atoms with E-state index in [1.807, 2.05) is 24.5 Å². The molecule has 184 valence electrons. The summed E-state index contributed by atoms with van der Waals surface area (Å²) in [6.07, 6.45) is 11.5. The molecule has 1 saturated heterocycles. The number of piperidine rings is 1. The zero-order valence-electron chi connectivity index (χ0n) is 19.7. The summed E-state index contributed by atoms with van der Waals surface area (Å²) in [5.74, 6) is 1.20. The molecule has 0 amide bonds. The fraction of sp³-hybridized carbons (Fsp3) is 0.231. The van der Waals surface area contributed by atoms with Crippen LogP contribution in [0.15, 0.2) is 89.2 Å². The van der Waals surface area contributed by atoms with Crippen LogP contribution in [-0.4, -0.2) is 53.4 Å². The van der Waals surface area contributed by atoms with Crippen LogP contribution < -0.4 is 15.2 Å². The van der Waals surface area contributed by atoms with Crippen LogP contribution in [0.1, 0.15) is 12.8 Å².